The van der Waals surface area contributed by atoms with Crippen molar-refractivity contribution in [2.45, 2.75) is 0 Å². The zero-order chi connectivity index (χ0) is 10.5. The standard InChI is InChI=1S/C13H12IO.AsH3/c1-15-13-9-7-12(8-10-13)14-11-5-3-2-4-6-11;/h2-10H,1H3;1H3/q+1;. The van der Waals surface area contributed by atoms with Gasteiger partial charge in [-0.1, -0.05) is 18.2 Å². The van der Waals surface area contributed by atoms with Crippen LogP contribution < -0.4 is 25.9 Å². The van der Waals surface area contributed by atoms with Gasteiger partial charge in [0.05, 0.1) is 7.11 Å². The molecule has 0 aliphatic rings. The zero-order valence-electron chi connectivity index (χ0n) is 9.19. The molecule has 0 bridgehead atoms. The number of hydrogen-bond donors (Lipinski definition) is 0. The topological polar surface area (TPSA) is 9.23 Å². The molecule has 0 saturated carbocycles. The minimum absolute atomic E-state index is 0. The van der Waals surface area contributed by atoms with E-state index in [2.05, 4.69) is 42.5 Å². The van der Waals surface area contributed by atoms with Crippen molar-refractivity contribution < 1.29 is 25.9 Å². The first-order valence-corrected chi connectivity index (χ1v) is 6.88. The molecule has 1 unspecified atom stereocenters. The summed E-state index contributed by atoms with van der Waals surface area (Å²) in [4.78, 5) is 0. The third-order valence-corrected chi connectivity index (χ3v) is 4.68. The van der Waals surface area contributed by atoms with Gasteiger partial charge in [0.25, 0.3) is 0 Å². The average molecular weight is 389 g/mol. The number of benzene rings is 2. The fourth-order valence-electron chi connectivity index (χ4n) is 1.24. The van der Waals surface area contributed by atoms with E-state index in [1.807, 2.05) is 12.1 Å². The maximum absolute atomic E-state index is 5.13. The van der Waals surface area contributed by atoms with E-state index < -0.39 is 0 Å². The van der Waals surface area contributed by atoms with E-state index >= 15 is 0 Å². The Labute approximate surface area is 118 Å². The molecule has 16 heavy (non-hydrogen) atoms. The molecule has 1 nitrogen and oxygen atoms in total. The summed E-state index contributed by atoms with van der Waals surface area (Å²) in [5.74, 6) is 0.927. The Morgan fingerprint density at radius 3 is 1.94 bits per heavy atom. The van der Waals surface area contributed by atoms with Gasteiger partial charge in [-0.3, -0.25) is 0 Å². The molecule has 0 spiro atoms. The Morgan fingerprint density at radius 2 is 1.38 bits per heavy atom. The number of hydrogen-bond acceptors (Lipinski definition) is 1. The quantitative estimate of drug-likeness (QED) is 0.466. The minimum atomic E-state index is -0.0449. The first kappa shape index (κ1) is 13.6. The Kier molecular flexibility index (Phi) is 5.92. The van der Waals surface area contributed by atoms with Crippen LogP contribution in [0.2, 0.25) is 0 Å². The van der Waals surface area contributed by atoms with Crippen LogP contribution in [0.25, 0.3) is 0 Å². The van der Waals surface area contributed by atoms with Crippen LogP contribution in [0.1, 0.15) is 0 Å². The normalized spacial score (nSPS) is 9.31. The second-order valence-corrected chi connectivity index (χ2v) is 6.08. The van der Waals surface area contributed by atoms with Crippen LogP contribution in [0, 0.1) is 7.14 Å². The summed E-state index contributed by atoms with van der Waals surface area (Å²) in [7, 11) is 1.70. The molecule has 3 heteroatoms. The van der Waals surface area contributed by atoms with Gasteiger partial charge in [-0.15, -0.1) is 0 Å². The van der Waals surface area contributed by atoms with Crippen LogP contribution in [0.4, 0.5) is 0 Å². The third kappa shape index (κ3) is 3.84. The fraction of sp³-hybridized carbons (Fsp3) is 0.0769. The molecule has 0 aliphatic carbocycles. The van der Waals surface area contributed by atoms with Gasteiger partial charge in [-0.05, 0) is 36.4 Å². The molecule has 84 valence electrons. The molecule has 0 saturated heterocycles. The third-order valence-electron chi connectivity index (χ3n) is 2.00. The van der Waals surface area contributed by atoms with Crippen LogP contribution in [-0.4, -0.2) is 25.1 Å². The van der Waals surface area contributed by atoms with E-state index in [9.17, 15) is 0 Å². The Morgan fingerprint density at radius 1 is 0.812 bits per heavy atom. The molecule has 0 aliphatic heterocycles. The van der Waals surface area contributed by atoms with E-state index in [4.69, 9.17) is 4.74 Å². The van der Waals surface area contributed by atoms with Crippen LogP contribution in [0.3, 0.4) is 0 Å². The average Bonchev–Trinajstić information content (AvgIpc) is 2.31. The van der Waals surface area contributed by atoms with E-state index in [0.29, 0.717) is 0 Å². The van der Waals surface area contributed by atoms with Gasteiger partial charge in [-0.25, -0.2) is 0 Å². The molecule has 2 aromatic rings. The van der Waals surface area contributed by atoms with Crippen molar-refractivity contribution in [1.29, 1.82) is 0 Å². The molecule has 1 atom stereocenters. The molecule has 0 heterocycles. The number of ether oxygens (including phenoxy) is 1. The van der Waals surface area contributed by atoms with E-state index in [1.54, 1.807) is 7.11 Å². The van der Waals surface area contributed by atoms with Crippen LogP contribution in [0.5, 0.6) is 5.75 Å². The maximum atomic E-state index is 5.13. The molecular weight excluding hydrogens is 374 g/mol. The van der Waals surface area contributed by atoms with Crippen molar-refractivity contribution in [3.8, 4) is 5.75 Å². The molecule has 0 aromatic heterocycles. The van der Waals surface area contributed by atoms with Crippen LogP contribution in [0.15, 0.2) is 54.6 Å². The molecular formula is C13H15AsIO+. The summed E-state index contributed by atoms with van der Waals surface area (Å²) in [6.07, 6.45) is 0. The predicted molar refractivity (Wildman–Crippen MR) is 66.8 cm³/mol. The van der Waals surface area contributed by atoms with E-state index in [0.717, 1.165) is 5.75 Å². The second-order valence-electron chi connectivity index (χ2n) is 3.05. The number of rotatable bonds is 3. The summed E-state index contributed by atoms with van der Waals surface area (Å²) in [5.41, 5.74) is 0. The summed E-state index contributed by atoms with van der Waals surface area (Å²) < 4.78 is 7.99. The second kappa shape index (κ2) is 6.97. The summed E-state index contributed by atoms with van der Waals surface area (Å²) in [6, 6.07) is 19.0. The molecule has 0 radical (unpaired) electrons. The van der Waals surface area contributed by atoms with Gasteiger partial charge in [0.1, 0.15) is 5.75 Å². The summed E-state index contributed by atoms with van der Waals surface area (Å²) in [5, 5.41) is 0. The van der Waals surface area contributed by atoms with Crippen molar-refractivity contribution in [3.63, 3.8) is 0 Å². The van der Waals surface area contributed by atoms with E-state index in [1.165, 1.54) is 7.14 Å². The van der Waals surface area contributed by atoms with Crippen LogP contribution in [-0.2, 0) is 0 Å². The van der Waals surface area contributed by atoms with Gasteiger partial charge < -0.3 is 4.74 Å². The Hall–Kier alpha value is -0.472. The van der Waals surface area contributed by atoms with Gasteiger partial charge in [0, 0.05) is 0 Å². The van der Waals surface area contributed by atoms with Gasteiger partial charge in [-0.2, -0.15) is 0 Å². The number of halogens is 1. The van der Waals surface area contributed by atoms with Gasteiger partial charge >= 0.3 is 39.2 Å². The predicted octanol–water partition coefficient (Wildman–Crippen LogP) is -1.36. The van der Waals surface area contributed by atoms with Crippen molar-refractivity contribution in [1.82, 2.24) is 0 Å². The van der Waals surface area contributed by atoms with Gasteiger partial charge in [0.15, 0.2) is 7.14 Å². The SMILES string of the molecule is COc1ccc([I+]c2ccccc2)cc1.[AsH3]. The van der Waals surface area contributed by atoms with Crippen molar-refractivity contribution in [2.24, 2.45) is 0 Å². The Bertz CT molecular complexity index is 414. The monoisotopic (exact) mass is 389 g/mol. The van der Waals surface area contributed by atoms with Crippen LogP contribution >= 0.6 is 0 Å². The Balaban J connectivity index is 0.00000128. The van der Waals surface area contributed by atoms with Crippen molar-refractivity contribution >= 4 is 18.0 Å². The first-order chi connectivity index (χ1) is 7.38. The molecule has 2 rings (SSSR count). The molecule has 0 N–H and O–H groups in total. The van der Waals surface area contributed by atoms with Crippen molar-refractivity contribution in [2.75, 3.05) is 7.11 Å². The molecule has 0 fully saturated rings. The zero-order valence-corrected chi connectivity index (χ0v) is 14.3. The number of methoxy groups -OCH3 is 1. The van der Waals surface area contributed by atoms with Gasteiger partial charge in [0.2, 0.25) is 0 Å². The molecule has 2 aromatic carbocycles. The molecule has 0 amide bonds. The van der Waals surface area contributed by atoms with Crippen molar-refractivity contribution in [3.05, 3.63) is 61.7 Å². The first-order valence-electron chi connectivity index (χ1n) is 4.72. The fourth-order valence-corrected chi connectivity index (χ4v) is 3.45. The summed E-state index contributed by atoms with van der Waals surface area (Å²) >= 11 is -0.0449. The summed E-state index contributed by atoms with van der Waals surface area (Å²) in [6.45, 7) is 0. The van der Waals surface area contributed by atoms with E-state index in [-0.39, 0.29) is 39.2 Å².